The number of anilines is 1. The van der Waals surface area contributed by atoms with Gasteiger partial charge in [-0.3, -0.25) is 9.78 Å². The number of nitrogen functional groups attached to an aromatic ring is 1. The van der Waals surface area contributed by atoms with E-state index in [9.17, 15) is 4.79 Å². The Bertz CT molecular complexity index is 786. The van der Waals surface area contributed by atoms with E-state index in [1.54, 1.807) is 0 Å². The maximum absolute atomic E-state index is 11.9. The number of hydrogen-bond donors (Lipinski definition) is 2. The fourth-order valence-corrected chi connectivity index (χ4v) is 2.30. The molecule has 2 aromatic heterocycles. The molecule has 0 aliphatic carbocycles. The van der Waals surface area contributed by atoms with E-state index in [4.69, 9.17) is 5.73 Å². The van der Waals surface area contributed by atoms with Gasteiger partial charge in [0.2, 0.25) is 5.95 Å². The summed E-state index contributed by atoms with van der Waals surface area (Å²) in [6, 6.07) is 10.0. The number of aromatic amines is 1. The number of nitrogens with zero attached hydrogens (tertiary/aromatic N) is 2. The standard InChI is InChI=1S/C14H14N4O/c1-9-7-18(8-10-5-3-2-4-6-10)12-11(9)13(19)17-14(15)16-12/h2-7H,8H2,1H3,(H3,15,16,17,19). The van der Waals surface area contributed by atoms with Crippen molar-refractivity contribution in [2.24, 2.45) is 0 Å². The lowest BCUT2D eigenvalue weighted by atomic mass is 10.2. The van der Waals surface area contributed by atoms with Crippen molar-refractivity contribution in [3.05, 3.63) is 58.0 Å². The van der Waals surface area contributed by atoms with Crippen molar-refractivity contribution in [2.45, 2.75) is 13.5 Å². The van der Waals surface area contributed by atoms with Crippen LogP contribution in [0, 0.1) is 6.92 Å². The highest BCUT2D eigenvalue weighted by atomic mass is 16.1. The van der Waals surface area contributed by atoms with E-state index in [0.717, 1.165) is 11.1 Å². The van der Waals surface area contributed by atoms with Crippen LogP contribution in [0.25, 0.3) is 11.0 Å². The minimum Gasteiger partial charge on any atom is -0.369 e. The number of aromatic nitrogens is 3. The highest BCUT2D eigenvalue weighted by Gasteiger charge is 2.11. The molecular formula is C14H14N4O. The molecule has 0 aliphatic heterocycles. The van der Waals surface area contributed by atoms with Crippen LogP contribution < -0.4 is 11.3 Å². The minimum atomic E-state index is -0.188. The predicted molar refractivity (Wildman–Crippen MR) is 75.0 cm³/mol. The summed E-state index contributed by atoms with van der Waals surface area (Å²) >= 11 is 0. The molecule has 1 aromatic carbocycles. The summed E-state index contributed by atoms with van der Waals surface area (Å²) < 4.78 is 1.95. The van der Waals surface area contributed by atoms with Crippen LogP contribution in [0.15, 0.2) is 41.3 Å². The van der Waals surface area contributed by atoms with Crippen LogP contribution in [0.4, 0.5) is 5.95 Å². The fourth-order valence-electron chi connectivity index (χ4n) is 2.30. The SMILES string of the molecule is Cc1cn(Cc2ccccc2)c2nc(N)[nH]c(=O)c12. The summed E-state index contributed by atoms with van der Waals surface area (Å²) in [7, 11) is 0. The lowest BCUT2D eigenvalue weighted by Gasteiger charge is -2.04. The van der Waals surface area contributed by atoms with Crippen molar-refractivity contribution in [1.82, 2.24) is 14.5 Å². The molecule has 5 nitrogen and oxygen atoms in total. The maximum atomic E-state index is 11.9. The molecule has 5 heteroatoms. The Morgan fingerprint density at radius 1 is 1.32 bits per heavy atom. The first-order valence-corrected chi connectivity index (χ1v) is 6.04. The summed E-state index contributed by atoms with van der Waals surface area (Å²) in [5.41, 5.74) is 8.11. The highest BCUT2D eigenvalue weighted by molar-refractivity contribution is 5.80. The zero-order valence-electron chi connectivity index (χ0n) is 10.6. The van der Waals surface area contributed by atoms with Gasteiger partial charge in [-0.25, -0.2) is 0 Å². The second-order valence-electron chi connectivity index (χ2n) is 4.58. The van der Waals surface area contributed by atoms with E-state index in [0.29, 0.717) is 17.6 Å². The van der Waals surface area contributed by atoms with Gasteiger partial charge < -0.3 is 10.3 Å². The third kappa shape index (κ3) is 1.99. The van der Waals surface area contributed by atoms with Gasteiger partial charge in [0, 0.05) is 12.7 Å². The van der Waals surface area contributed by atoms with E-state index >= 15 is 0 Å². The van der Waals surface area contributed by atoms with Gasteiger partial charge in [-0.2, -0.15) is 4.98 Å². The fraction of sp³-hybridized carbons (Fsp3) is 0.143. The molecule has 0 spiro atoms. The lowest BCUT2D eigenvalue weighted by molar-refractivity contribution is 0.822. The van der Waals surface area contributed by atoms with Crippen LogP contribution in [0.1, 0.15) is 11.1 Å². The van der Waals surface area contributed by atoms with E-state index in [1.165, 1.54) is 0 Å². The van der Waals surface area contributed by atoms with Gasteiger partial charge in [0.1, 0.15) is 5.65 Å². The molecule has 3 N–H and O–H groups in total. The minimum absolute atomic E-state index is 0.143. The van der Waals surface area contributed by atoms with Crippen LogP contribution in [-0.2, 0) is 6.54 Å². The normalized spacial score (nSPS) is 11.0. The second-order valence-corrected chi connectivity index (χ2v) is 4.58. The third-order valence-electron chi connectivity index (χ3n) is 3.13. The average Bonchev–Trinajstić information content (AvgIpc) is 2.67. The zero-order chi connectivity index (χ0) is 13.4. The molecule has 96 valence electrons. The number of nitrogens with one attached hydrogen (secondary N) is 1. The van der Waals surface area contributed by atoms with Crippen molar-refractivity contribution in [2.75, 3.05) is 5.73 Å². The summed E-state index contributed by atoms with van der Waals surface area (Å²) in [5, 5.41) is 0.602. The maximum Gasteiger partial charge on any atom is 0.262 e. The number of fused-ring (bicyclic) bond motifs is 1. The molecule has 0 saturated heterocycles. The number of nitrogens with two attached hydrogens (primary N) is 1. The summed E-state index contributed by atoms with van der Waals surface area (Å²) in [4.78, 5) is 18.7. The summed E-state index contributed by atoms with van der Waals surface area (Å²) in [6.45, 7) is 2.57. The quantitative estimate of drug-likeness (QED) is 0.730. The predicted octanol–water partition coefficient (Wildman–Crippen LogP) is 1.66. The van der Waals surface area contributed by atoms with Gasteiger partial charge in [-0.15, -0.1) is 0 Å². The molecule has 3 rings (SSSR count). The molecule has 0 bridgehead atoms. The first-order valence-electron chi connectivity index (χ1n) is 6.04. The van der Waals surface area contributed by atoms with Crippen molar-refractivity contribution in [3.8, 4) is 0 Å². The van der Waals surface area contributed by atoms with Gasteiger partial charge >= 0.3 is 0 Å². The molecule has 0 unspecified atom stereocenters. The monoisotopic (exact) mass is 254 g/mol. The Kier molecular flexibility index (Phi) is 2.59. The van der Waals surface area contributed by atoms with E-state index < -0.39 is 0 Å². The smallest absolute Gasteiger partial charge is 0.262 e. The average molecular weight is 254 g/mol. The molecule has 0 atom stereocenters. The van der Waals surface area contributed by atoms with Crippen molar-refractivity contribution in [1.29, 1.82) is 0 Å². The second kappa shape index (κ2) is 4.28. The van der Waals surface area contributed by atoms with Crippen molar-refractivity contribution in [3.63, 3.8) is 0 Å². The first-order chi connectivity index (χ1) is 9.15. The topological polar surface area (TPSA) is 76.7 Å². The largest absolute Gasteiger partial charge is 0.369 e. The van der Waals surface area contributed by atoms with Crippen molar-refractivity contribution >= 4 is 17.0 Å². The van der Waals surface area contributed by atoms with Crippen LogP contribution >= 0.6 is 0 Å². The van der Waals surface area contributed by atoms with Crippen LogP contribution in [0.3, 0.4) is 0 Å². The molecule has 2 heterocycles. The molecule has 0 aliphatic rings. The number of hydrogen-bond acceptors (Lipinski definition) is 3. The zero-order valence-corrected chi connectivity index (χ0v) is 10.6. The lowest BCUT2D eigenvalue weighted by Crippen LogP contribution is -2.12. The summed E-state index contributed by atoms with van der Waals surface area (Å²) in [6.07, 6.45) is 1.93. The highest BCUT2D eigenvalue weighted by Crippen LogP contribution is 2.17. The molecule has 0 saturated carbocycles. The van der Waals surface area contributed by atoms with Crippen molar-refractivity contribution < 1.29 is 0 Å². The van der Waals surface area contributed by atoms with E-state index in [1.807, 2.05) is 48.0 Å². The number of benzene rings is 1. The molecule has 0 radical (unpaired) electrons. The third-order valence-corrected chi connectivity index (χ3v) is 3.13. The Balaban J connectivity index is 2.17. The molecule has 3 aromatic rings. The Morgan fingerprint density at radius 3 is 2.79 bits per heavy atom. The number of H-pyrrole nitrogens is 1. The first kappa shape index (κ1) is 11.5. The molecule has 19 heavy (non-hydrogen) atoms. The van der Waals surface area contributed by atoms with Gasteiger partial charge in [-0.1, -0.05) is 30.3 Å². The van der Waals surface area contributed by atoms with Gasteiger partial charge in [0.05, 0.1) is 5.39 Å². The molecule has 0 fully saturated rings. The molecule has 0 amide bonds. The Morgan fingerprint density at radius 2 is 2.05 bits per heavy atom. The number of aryl methyl sites for hydroxylation is 1. The van der Waals surface area contributed by atoms with Gasteiger partial charge in [0.15, 0.2) is 0 Å². The van der Waals surface area contributed by atoms with E-state index in [2.05, 4.69) is 9.97 Å². The number of rotatable bonds is 2. The Hall–Kier alpha value is -2.56. The molecular weight excluding hydrogens is 240 g/mol. The van der Waals surface area contributed by atoms with Crippen LogP contribution in [0.5, 0.6) is 0 Å². The van der Waals surface area contributed by atoms with Crippen LogP contribution in [0.2, 0.25) is 0 Å². The summed E-state index contributed by atoms with van der Waals surface area (Å²) in [5.74, 6) is 0.143. The Labute approximate surface area is 109 Å². The van der Waals surface area contributed by atoms with E-state index in [-0.39, 0.29) is 11.5 Å². The van der Waals surface area contributed by atoms with Crippen LogP contribution in [-0.4, -0.2) is 14.5 Å². The van der Waals surface area contributed by atoms with Gasteiger partial charge in [-0.05, 0) is 18.1 Å². The van der Waals surface area contributed by atoms with Gasteiger partial charge in [0.25, 0.3) is 5.56 Å².